The first-order valence-corrected chi connectivity index (χ1v) is 23.7. The number of nitrogens with zero attached hydrogens (tertiary/aromatic N) is 7. The van der Waals surface area contributed by atoms with Gasteiger partial charge in [0.25, 0.3) is 33.6 Å². The third-order valence-electron chi connectivity index (χ3n) is 10.2. The molecule has 6 aromatic rings. The highest BCUT2D eigenvalue weighted by atomic mass is 16.9. The maximum atomic E-state index is 12.7. The molecule has 0 aliphatic heterocycles. The zero-order chi connectivity index (χ0) is 61.3. The average Bonchev–Trinajstić information content (AvgIpc) is 3.49. The van der Waals surface area contributed by atoms with Crippen LogP contribution in [-0.4, -0.2) is 90.0 Å². The number of aliphatic hydroxyl groups excluding tert-OH is 1. The first-order chi connectivity index (χ1) is 39.5. The van der Waals surface area contributed by atoms with Crippen molar-refractivity contribution in [2.45, 2.75) is 39.5 Å². The summed E-state index contributed by atoms with van der Waals surface area (Å²) in [7, 11) is 0. The van der Waals surface area contributed by atoms with Gasteiger partial charge in [0.1, 0.15) is 28.7 Å². The monoisotopic (exact) mass is 1160 g/mol. The van der Waals surface area contributed by atoms with Crippen LogP contribution in [0.1, 0.15) is 81.0 Å². The smallest absolute Gasteiger partial charge is 0.344 e. The fraction of sp³-hybridized carbons (Fsp3) is 0.200. The van der Waals surface area contributed by atoms with Gasteiger partial charge in [0.2, 0.25) is 0 Å². The molecule has 33 heteroatoms. The molecule has 0 saturated heterocycles. The molecule has 0 radical (unpaired) electrons. The van der Waals surface area contributed by atoms with Crippen LogP contribution < -0.4 is 28.4 Å². The summed E-state index contributed by atoms with van der Waals surface area (Å²) in [5, 5.41) is 85.2. The largest absolute Gasteiger partial charge is 0.494 e. The van der Waals surface area contributed by atoms with Crippen molar-refractivity contribution in [1.82, 2.24) is 0 Å². The van der Waals surface area contributed by atoms with Gasteiger partial charge < -0.3 is 38.4 Å². The zero-order valence-corrected chi connectivity index (χ0v) is 43.0. The van der Waals surface area contributed by atoms with Crippen molar-refractivity contribution in [3.63, 3.8) is 0 Å². The standard InChI is InChI=1S/C24H17N5O16.C24H20N2O10.C2H6/c30-23(14-9-16(25(32)33)13-17(10-14)26(34)35)44-18-3-5-19(6-4-18)45-24(31)15-11-20(27(36)37)22(21(12-15)28(38)39)42-7-1-2-8-43-29(40)41;27-11-1-2-12-34-20-5-3-16(4-6-20)23(28)35-21-7-9-22(10-8-21)36-24(29)17-13-18(25(30)31)15-19(14-17)26(32)33;1-2/h3-6,9-13H,1-2,7-8H2;3-10,13-15,27H,1-2,11-12H2;1-2H3. The van der Waals surface area contributed by atoms with Crippen molar-refractivity contribution in [2.75, 3.05) is 26.4 Å². The van der Waals surface area contributed by atoms with Crippen molar-refractivity contribution in [2.24, 2.45) is 0 Å². The third-order valence-corrected chi connectivity index (χ3v) is 10.2. The van der Waals surface area contributed by atoms with Gasteiger partial charge in [-0.15, -0.1) is 10.1 Å². The van der Waals surface area contributed by atoms with Gasteiger partial charge in [-0.25, -0.2) is 19.2 Å². The number of hydrogen-bond acceptors (Lipinski definition) is 26. The predicted octanol–water partition coefficient (Wildman–Crippen LogP) is 9.24. The number of hydrogen-bond donors (Lipinski definition) is 1. The van der Waals surface area contributed by atoms with E-state index in [4.69, 9.17) is 33.5 Å². The van der Waals surface area contributed by atoms with E-state index in [2.05, 4.69) is 4.84 Å². The number of carbonyl (C=O) groups excluding carboxylic acids is 4. The fourth-order valence-electron chi connectivity index (χ4n) is 6.41. The van der Waals surface area contributed by atoms with Gasteiger partial charge in [-0.2, -0.15) is 0 Å². The summed E-state index contributed by atoms with van der Waals surface area (Å²) >= 11 is 0. The lowest BCUT2D eigenvalue weighted by Gasteiger charge is -2.10. The number of aliphatic hydroxyl groups is 1. The minimum atomic E-state index is -1.25. The summed E-state index contributed by atoms with van der Waals surface area (Å²) in [6, 6.07) is 22.2. The second-order valence-corrected chi connectivity index (χ2v) is 15.8. The van der Waals surface area contributed by atoms with E-state index in [0.717, 1.165) is 54.6 Å². The number of rotatable bonds is 26. The molecule has 0 spiro atoms. The van der Waals surface area contributed by atoms with Gasteiger partial charge >= 0.3 is 35.3 Å². The topological polar surface area (TPSA) is 455 Å². The molecule has 0 fully saturated rings. The van der Waals surface area contributed by atoms with Crippen molar-refractivity contribution < 1.29 is 92.2 Å². The molecule has 0 aromatic heterocycles. The highest BCUT2D eigenvalue weighted by molar-refractivity contribution is 5.95. The highest BCUT2D eigenvalue weighted by Crippen LogP contribution is 2.39. The fourth-order valence-corrected chi connectivity index (χ4v) is 6.41. The van der Waals surface area contributed by atoms with Crippen molar-refractivity contribution in [3.05, 3.63) is 214 Å². The Morgan fingerprint density at radius 2 is 0.675 bits per heavy atom. The van der Waals surface area contributed by atoms with Crippen molar-refractivity contribution >= 4 is 58.0 Å². The second kappa shape index (κ2) is 31.1. The molecule has 1 N–H and O–H groups in total. The van der Waals surface area contributed by atoms with E-state index in [-0.39, 0.29) is 66.8 Å². The maximum absolute atomic E-state index is 12.7. The van der Waals surface area contributed by atoms with Crippen LogP contribution in [0.3, 0.4) is 0 Å². The first-order valence-electron chi connectivity index (χ1n) is 23.7. The van der Waals surface area contributed by atoms with Gasteiger partial charge in [0.05, 0.1) is 83.7 Å². The van der Waals surface area contributed by atoms with Crippen LogP contribution in [0.25, 0.3) is 0 Å². The number of nitro benzene ring substituents is 6. The first kappa shape index (κ1) is 63.9. The number of unbranched alkanes of at least 4 members (excludes halogenated alkanes) is 2. The molecule has 83 heavy (non-hydrogen) atoms. The van der Waals surface area contributed by atoms with Crippen LogP contribution in [0.5, 0.6) is 34.5 Å². The quantitative estimate of drug-likeness (QED) is 0.0174. The number of benzene rings is 6. The Kier molecular flexibility index (Phi) is 23.9. The van der Waals surface area contributed by atoms with E-state index < -0.39 is 110 Å². The van der Waals surface area contributed by atoms with Gasteiger partial charge in [0, 0.05) is 43.0 Å². The average molecular weight is 1160 g/mol. The summed E-state index contributed by atoms with van der Waals surface area (Å²) in [6.45, 7) is 3.94. The third kappa shape index (κ3) is 19.6. The number of carbonyl (C=O) groups is 4. The molecule has 0 atom stereocenters. The Bertz CT molecular complexity index is 3290. The normalized spacial score (nSPS) is 10.2. The molecule has 0 aliphatic rings. The Hall–Kier alpha value is -11.6. The van der Waals surface area contributed by atoms with Crippen LogP contribution in [0.4, 0.5) is 34.1 Å². The molecular weight excluding hydrogens is 1110 g/mol. The zero-order valence-electron chi connectivity index (χ0n) is 43.0. The predicted molar refractivity (Wildman–Crippen MR) is 279 cm³/mol. The SMILES string of the molecule is CC.O=C(Oc1ccc(OC(=O)c2cc([N+](=O)[O-])c(OCCCCO[N+](=O)[O-])c([N+](=O)[O-])c2)cc1)c1cc([N+](=O)[O-])cc([N+](=O)[O-])c1.O=C(Oc1ccc(OC(=O)c2cc([N+](=O)[O-])cc([N+](=O)[O-])c2)cc1)c1ccc(OCCCCO)cc1. The van der Waals surface area contributed by atoms with Gasteiger partial charge in [-0.1, -0.05) is 13.8 Å². The number of ether oxygens (including phenoxy) is 6. The van der Waals surface area contributed by atoms with E-state index in [1.165, 1.54) is 36.4 Å². The number of esters is 4. The summed E-state index contributed by atoms with van der Waals surface area (Å²) in [6.07, 6.45) is 1.53. The molecule has 6 aromatic carbocycles. The minimum absolute atomic E-state index is 0.0247. The summed E-state index contributed by atoms with van der Waals surface area (Å²) in [4.78, 5) is 126. The Balaban J connectivity index is 0.000000354. The van der Waals surface area contributed by atoms with Gasteiger partial charge in [0.15, 0.2) is 0 Å². The van der Waals surface area contributed by atoms with Crippen LogP contribution in [0, 0.1) is 70.8 Å². The maximum Gasteiger partial charge on any atom is 0.344 e. The lowest BCUT2D eigenvalue weighted by Crippen LogP contribution is -2.12. The summed E-state index contributed by atoms with van der Waals surface area (Å²) < 4.78 is 31.3. The van der Waals surface area contributed by atoms with Crippen LogP contribution >= 0.6 is 0 Å². The van der Waals surface area contributed by atoms with E-state index in [0.29, 0.717) is 43.4 Å². The van der Waals surface area contributed by atoms with Crippen LogP contribution in [-0.2, 0) is 4.84 Å². The Morgan fingerprint density at radius 1 is 0.373 bits per heavy atom. The molecule has 6 rings (SSSR count). The minimum Gasteiger partial charge on any atom is -0.494 e. The summed E-state index contributed by atoms with van der Waals surface area (Å²) in [5.74, 6) is -4.47. The molecule has 0 amide bonds. The second-order valence-electron chi connectivity index (χ2n) is 15.8. The molecule has 0 saturated carbocycles. The van der Waals surface area contributed by atoms with E-state index in [1.54, 1.807) is 12.1 Å². The molecule has 0 unspecified atom stereocenters. The Morgan fingerprint density at radius 3 is 1.00 bits per heavy atom. The van der Waals surface area contributed by atoms with E-state index in [9.17, 15) is 90.0 Å². The number of nitro groups is 6. The molecule has 434 valence electrons. The lowest BCUT2D eigenvalue weighted by atomic mass is 10.1. The molecular formula is C50H43N7O26. The highest BCUT2D eigenvalue weighted by Gasteiger charge is 2.31. The summed E-state index contributed by atoms with van der Waals surface area (Å²) in [5.41, 5.74) is -5.74. The van der Waals surface area contributed by atoms with Gasteiger partial charge in [-0.3, -0.25) is 60.7 Å². The van der Waals surface area contributed by atoms with E-state index >= 15 is 0 Å². The van der Waals surface area contributed by atoms with Crippen molar-refractivity contribution in [1.29, 1.82) is 0 Å². The van der Waals surface area contributed by atoms with Crippen LogP contribution in [0.2, 0.25) is 0 Å². The van der Waals surface area contributed by atoms with Gasteiger partial charge in [-0.05, 0) is 98.5 Å². The Labute approximate surface area is 464 Å². The molecule has 33 nitrogen and oxygen atoms in total. The molecule has 0 bridgehead atoms. The molecule has 0 aliphatic carbocycles. The number of non-ortho nitro benzene ring substituents is 4. The molecule has 0 heterocycles. The van der Waals surface area contributed by atoms with Crippen molar-refractivity contribution in [3.8, 4) is 34.5 Å². The lowest BCUT2D eigenvalue weighted by molar-refractivity contribution is -0.757. The van der Waals surface area contributed by atoms with Crippen LogP contribution in [0.15, 0.2) is 121 Å². The van der Waals surface area contributed by atoms with E-state index in [1.807, 2.05) is 13.8 Å².